The molecular formula is C31H36N10O5. The van der Waals surface area contributed by atoms with Crippen molar-refractivity contribution in [2.24, 2.45) is 7.05 Å². The van der Waals surface area contributed by atoms with Crippen LogP contribution >= 0.6 is 0 Å². The summed E-state index contributed by atoms with van der Waals surface area (Å²) in [5, 5.41) is 19.5. The van der Waals surface area contributed by atoms with Gasteiger partial charge < -0.3 is 24.8 Å². The fourth-order valence-electron chi connectivity index (χ4n) is 5.12. The van der Waals surface area contributed by atoms with E-state index in [-0.39, 0.29) is 48.8 Å². The van der Waals surface area contributed by atoms with E-state index in [0.717, 1.165) is 16.6 Å². The number of ether oxygens (including phenoxy) is 3. The zero-order chi connectivity index (χ0) is 32.7. The lowest BCUT2D eigenvalue weighted by Crippen LogP contribution is -2.36. The average Bonchev–Trinajstić information content (AvgIpc) is 3.56. The number of fused-ring (bicyclic) bond motifs is 5. The standard InChI is InChI=1S/C31H36N10O5/c1-17-15-45-16-19-12-21(23-22(13-19)40(6)38-36-23)33-29-34-24-25(28(42)32-17)37-41(14-18-8-10-20(44-7)11-9-18)26(24)27(35-29)39(5)30(43)46-31(2,3)4/h8-13,17H,14-16H2,1-7H3,(H,32,42)(H,33,34,35)/t17-/m1/s1. The van der Waals surface area contributed by atoms with Gasteiger partial charge in [0.2, 0.25) is 5.95 Å². The van der Waals surface area contributed by atoms with E-state index in [1.54, 1.807) is 51.3 Å². The van der Waals surface area contributed by atoms with Gasteiger partial charge in [-0.3, -0.25) is 14.4 Å². The molecule has 0 spiro atoms. The van der Waals surface area contributed by atoms with Crippen molar-refractivity contribution >= 4 is 51.5 Å². The van der Waals surface area contributed by atoms with Gasteiger partial charge in [0.15, 0.2) is 11.5 Å². The third kappa shape index (κ3) is 6.13. The lowest BCUT2D eigenvalue weighted by molar-refractivity contribution is 0.0588. The summed E-state index contributed by atoms with van der Waals surface area (Å²) in [7, 11) is 4.96. The predicted molar refractivity (Wildman–Crippen MR) is 170 cm³/mol. The Morgan fingerprint density at radius 3 is 2.63 bits per heavy atom. The summed E-state index contributed by atoms with van der Waals surface area (Å²) < 4.78 is 20.3. The van der Waals surface area contributed by atoms with Gasteiger partial charge in [-0.1, -0.05) is 17.3 Å². The van der Waals surface area contributed by atoms with Gasteiger partial charge in [0, 0.05) is 20.1 Å². The number of aromatic nitrogens is 7. The minimum Gasteiger partial charge on any atom is -0.497 e. The van der Waals surface area contributed by atoms with Crippen molar-refractivity contribution in [2.75, 3.05) is 31.0 Å². The van der Waals surface area contributed by atoms with E-state index in [4.69, 9.17) is 29.3 Å². The molecule has 4 bridgehead atoms. The van der Waals surface area contributed by atoms with E-state index >= 15 is 0 Å². The first-order chi connectivity index (χ1) is 21.9. The maximum Gasteiger partial charge on any atom is 0.415 e. The van der Waals surface area contributed by atoms with Gasteiger partial charge in [0.05, 0.1) is 38.1 Å². The van der Waals surface area contributed by atoms with Gasteiger partial charge in [-0.15, -0.1) is 5.10 Å². The third-order valence-electron chi connectivity index (χ3n) is 7.30. The van der Waals surface area contributed by atoms with Crippen molar-refractivity contribution in [1.82, 2.24) is 40.1 Å². The van der Waals surface area contributed by atoms with Crippen LogP contribution in [0, 0.1) is 0 Å². The van der Waals surface area contributed by atoms with E-state index in [2.05, 4.69) is 20.9 Å². The number of amides is 2. The van der Waals surface area contributed by atoms with E-state index < -0.39 is 17.6 Å². The Morgan fingerprint density at radius 2 is 1.91 bits per heavy atom. The van der Waals surface area contributed by atoms with Crippen LogP contribution in [-0.4, -0.2) is 79.1 Å². The van der Waals surface area contributed by atoms with Crippen LogP contribution in [0.1, 0.15) is 49.3 Å². The predicted octanol–water partition coefficient (Wildman–Crippen LogP) is 3.93. The minimum absolute atomic E-state index is 0.0649. The molecule has 15 nitrogen and oxygen atoms in total. The number of anilines is 3. The Bertz CT molecular complexity index is 1940. The second kappa shape index (κ2) is 11.9. The normalized spacial score (nSPS) is 15.4. The second-order valence-electron chi connectivity index (χ2n) is 12.2. The van der Waals surface area contributed by atoms with Crippen LogP contribution in [-0.2, 0) is 29.7 Å². The number of aryl methyl sites for hydroxylation is 1. The molecule has 240 valence electrons. The molecule has 0 radical (unpaired) electrons. The van der Waals surface area contributed by atoms with Crippen LogP contribution in [0.5, 0.6) is 5.75 Å². The van der Waals surface area contributed by atoms with E-state index in [0.29, 0.717) is 22.5 Å². The number of rotatable bonds is 4. The number of benzene rings is 2. The van der Waals surface area contributed by atoms with Gasteiger partial charge >= 0.3 is 6.09 Å². The van der Waals surface area contributed by atoms with Crippen LogP contribution in [0.3, 0.4) is 0 Å². The maximum absolute atomic E-state index is 13.7. The molecule has 0 unspecified atom stereocenters. The monoisotopic (exact) mass is 628 g/mol. The molecule has 0 aliphatic carbocycles. The lowest BCUT2D eigenvalue weighted by atomic mass is 10.1. The molecule has 2 aromatic carbocycles. The SMILES string of the molecule is COc1ccc(Cn2nc3c4nc(nc(N(C)C(=O)OC(C)(C)C)c42)Nc2cc(cc4c2nnn4C)COC[C@@H](C)NC3=O)cc1. The lowest BCUT2D eigenvalue weighted by Gasteiger charge is -2.25. The molecule has 0 saturated heterocycles. The van der Waals surface area contributed by atoms with Crippen molar-refractivity contribution in [2.45, 2.75) is 52.5 Å². The van der Waals surface area contributed by atoms with Gasteiger partial charge in [0.25, 0.3) is 5.91 Å². The first kappa shape index (κ1) is 30.7. The maximum atomic E-state index is 13.7. The highest BCUT2D eigenvalue weighted by molar-refractivity contribution is 6.08. The van der Waals surface area contributed by atoms with Crippen molar-refractivity contribution in [3.8, 4) is 5.75 Å². The average molecular weight is 629 g/mol. The first-order valence-corrected chi connectivity index (χ1v) is 14.8. The van der Waals surface area contributed by atoms with Crippen LogP contribution in [0.4, 0.5) is 22.2 Å². The fraction of sp³-hybridized carbons (Fsp3) is 0.387. The Morgan fingerprint density at radius 1 is 1.15 bits per heavy atom. The molecule has 1 aliphatic heterocycles. The highest BCUT2D eigenvalue weighted by Gasteiger charge is 2.30. The number of carbonyl (C=O) groups excluding carboxylic acids is 2. The summed E-state index contributed by atoms with van der Waals surface area (Å²) in [4.78, 5) is 38.1. The number of hydrogen-bond acceptors (Lipinski definition) is 11. The molecule has 0 fully saturated rings. The highest BCUT2D eigenvalue weighted by atomic mass is 16.6. The van der Waals surface area contributed by atoms with Gasteiger partial charge in [-0.05, 0) is 63.1 Å². The molecule has 2 N–H and O–H groups in total. The van der Waals surface area contributed by atoms with Crippen molar-refractivity contribution in [1.29, 1.82) is 0 Å². The Labute approximate surface area is 264 Å². The van der Waals surface area contributed by atoms with Gasteiger partial charge in [-0.2, -0.15) is 10.1 Å². The zero-order valence-electron chi connectivity index (χ0n) is 26.8. The van der Waals surface area contributed by atoms with E-state index in [1.807, 2.05) is 43.3 Å². The topological polar surface area (TPSA) is 163 Å². The highest BCUT2D eigenvalue weighted by Crippen LogP contribution is 2.32. The molecule has 2 amide bonds. The number of nitrogens with zero attached hydrogens (tertiary/aromatic N) is 8. The molecule has 4 heterocycles. The minimum atomic E-state index is -0.767. The zero-order valence-corrected chi connectivity index (χ0v) is 26.8. The van der Waals surface area contributed by atoms with Gasteiger partial charge in [-0.25, -0.2) is 14.5 Å². The van der Waals surface area contributed by atoms with E-state index in [1.165, 1.54) is 4.90 Å². The quantitative estimate of drug-likeness (QED) is 0.296. The third-order valence-corrected chi connectivity index (χ3v) is 7.30. The summed E-state index contributed by atoms with van der Waals surface area (Å²) in [6.45, 7) is 7.99. The molecule has 5 aromatic rings. The summed E-state index contributed by atoms with van der Waals surface area (Å²) in [6.07, 6.45) is -0.639. The molecule has 0 saturated carbocycles. The van der Waals surface area contributed by atoms with Crippen LogP contribution in [0.2, 0.25) is 0 Å². The number of carbonyl (C=O) groups is 2. The summed E-state index contributed by atoms with van der Waals surface area (Å²) >= 11 is 0. The van der Waals surface area contributed by atoms with Crippen LogP contribution in [0.15, 0.2) is 36.4 Å². The molecule has 46 heavy (non-hydrogen) atoms. The first-order valence-electron chi connectivity index (χ1n) is 14.8. The summed E-state index contributed by atoms with van der Waals surface area (Å²) in [5.74, 6) is 0.563. The molecule has 1 atom stereocenters. The number of nitrogens with one attached hydrogen (secondary N) is 2. The number of hydrogen-bond donors (Lipinski definition) is 2. The van der Waals surface area contributed by atoms with E-state index in [9.17, 15) is 9.59 Å². The molecule has 3 aromatic heterocycles. The molecular weight excluding hydrogens is 592 g/mol. The van der Waals surface area contributed by atoms with Crippen molar-refractivity contribution < 1.29 is 23.8 Å². The van der Waals surface area contributed by atoms with Crippen LogP contribution in [0.25, 0.3) is 22.1 Å². The molecule has 6 rings (SSSR count). The Hall–Kier alpha value is -5.31. The second-order valence-corrected chi connectivity index (χ2v) is 12.2. The van der Waals surface area contributed by atoms with Crippen molar-refractivity contribution in [3.63, 3.8) is 0 Å². The Balaban J connectivity index is 1.58. The Kier molecular flexibility index (Phi) is 7.94. The van der Waals surface area contributed by atoms with Gasteiger partial charge in [0.1, 0.15) is 27.9 Å². The fourth-order valence-corrected chi connectivity index (χ4v) is 5.12. The van der Waals surface area contributed by atoms with Crippen molar-refractivity contribution in [3.05, 3.63) is 53.2 Å². The molecule has 1 aliphatic rings. The van der Waals surface area contributed by atoms with Crippen LogP contribution < -0.4 is 20.3 Å². The number of methoxy groups -OCH3 is 1. The molecule has 15 heteroatoms. The smallest absolute Gasteiger partial charge is 0.415 e. The largest absolute Gasteiger partial charge is 0.497 e. The summed E-state index contributed by atoms with van der Waals surface area (Å²) in [6, 6.07) is 11.0. The summed E-state index contributed by atoms with van der Waals surface area (Å²) in [5.41, 5.74) is 3.58.